The van der Waals surface area contributed by atoms with Crippen molar-refractivity contribution in [1.29, 1.82) is 0 Å². The Bertz CT molecular complexity index is 1030. The zero-order valence-electron chi connectivity index (χ0n) is 17.7. The highest BCUT2D eigenvalue weighted by atomic mass is 19.1. The molecular formula is C23H26FN3O5. The van der Waals surface area contributed by atoms with Gasteiger partial charge in [0.1, 0.15) is 29.2 Å². The number of benzene rings is 2. The molecule has 3 N–H and O–H groups in total. The maximum atomic E-state index is 13.3. The van der Waals surface area contributed by atoms with Gasteiger partial charge in [-0.15, -0.1) is 0 Å². The van der Waals surface area contributed by atoms with Crippen molar-refractivity contribution in [1.82, 2.24) is 9.97 Å². The Morgan fingerprint density at radius 1 is 1.22 bits per heavy atom. The molecule has 3 aromatic rings. The van der Waals surface area contributed by atoms with Crippen LogP contribution in [0.15, 0.2) is 42.7 Å². The zero-order valence-corrected chi connectivity index (χ0v) is 17.7. The molecule has 1 saturated heterocycles. The minimum Gasteiger partial charge on any atom is -0.494 e. The van der Waals surface area contributed by atoms with Gasteiger partial charge in [-0.2, -0.15) is 0 Å². The molecule has 2 aromatic carbocycles. The fraction of sp³-hybridized carbons (Fsp3) is 0.348. The van der Waals surface area contributed by atoms with Crippen LogP contribution in [0.1, 0.15) is 12.8 Å². The molecule has 1 unspecified atom stereocenters. The van der Waals surface area contributed by atoms with Gasteiger partial charge in [0.05, 0.1) is 19.8 Å². The van der Waals surface area contributed by atoms with Gasteiger partial charge in [0, 0.05) is 18.6 Å². The lowest BCUT2D eigenvalue weighted by atomic mass is 9.92. The molecular weight excluding hydrogens is 417 g/mol. The lowest BCUT2D eigenvalue weighted by Crippen LogP contribution is -2.36. The maximum Gasteiger partial charge on any atom is 0.290 e. The van der Waals surface area contributed by atoms with Gasteiger partial charge < -0.3 is 25.0 Å². The molecule has 32 heavy (non-hydrogen) atoms. The van der Waals surface area contributed by atoms with Crippen molar-refractivity contribution in [3.63, 3.8) is 0 Å². The summed E-state index contributed by atoms with van der Waals surface area (Å²) in [6, 6.07) is 10.0. The summed E-state index contributed by atoms with van der Waals surface area (Å²) < 4.78 is 24.3. The number of rotatable bonds is 6. The number of carboxylic acid groups (broad SMARTS) is 1. The highest BCUT2D eigenvalue weighted by molar-refractivity contribution is 5.96. The van der Waals surface area contributed by atoms with Crippen LogP contribution < -0.4 is 10.1 Å². The van der Waals surface area contributed by atoms with Crippen LogP contribution in [-0.4, -0.2) is 59.6 Å². The molecule has 0 spiro atoms. The Morgan fingerprint density at radius 2 is 1.91 bits per heavy atom. The normalized spacial score (nSPS) is 14.8. The fourth-order valence-electron chi connectivity index (χ4n) is 3.82. The van der Waals surface area contributed by atoms with Gasteiger partial charge in [0.2, 0.25) is 0 Å². The third-order valence-corrected chi connectivity index (χ3v) is 5.46. The molecule has 1 aliphatic heterocycles. The van der Waals surface area contributed by atoms with Crippen LogP contribution in [0, 0.1) is 11.7 Å². The number of nitrogens with one attached hydrogen (secondary N) is 1. The molecule has 1 aliphatic rings. The number of nitrogens with zero attached hydrogens (tertiary/aromatic N) is 2. The third kappa shape index (κ3) is 5.49. The summed E-state index contributed by atoms with van der Waals surface area (Å²) in [6.07, 6.45) is 3.28. The Hall–Kier alpha value is -3.30. The second-order valence-electron chi connectivity index (χ2n) is 7.29. The first-order valence-corrected chi connectivity index (χ1v) is 10.2. The molecule has 170 valence electrons. The number of hydrogen-bond donors (Lipinski definition) is 3. The van der Waals surface area contributed by atoms with E-state index in [1.165, 1.54) is 18.5 Å². The number of methoxy groups -OCH3 is 1. The van der Waals surface area contributed by atoms with E-state index < -0.39 is 0 Å². The Kier molecular flexibility index (Phi) is 8.29. The van der Waals surface area contributed by atoms with Gasteiger partial charge in [-0.05, 0) is 54.2 Å². The van der Waals surface area contributed by atoms with E-state index in [1.54, 1.807) is 19.2 Å². The molecule has 1 fully saturated rings. The summed E-state index contributed by atoms with van der Waals surface area (Å²) in [6.45, 7) is 1.16. The molecule has 9 heteroatoms. The van der Waals surface area contributed by atoms with Gasteiger partial charge in [0.25, 0.3) is 6.47 Å². The van der Waals surface area contributed by atoms with E-state index in [1.807, 2.05) is 12.1 Å². The number of aliphatic hydroxyl groups is 1. The van der Waals surface area contributed by atoms with Crippen LogP contribution in [0.2, 0.25) is 0 Å². The van der Waals surface area contributed by atoms with Crippen molar-refractivity contribution in [3.05, 3.63) is 48.5 Å². The predicted molar refractivity (Wildman–Crippen MR) is 118 cm³/mol. The summed E-state index contributed by atoms with van der Waals surface area (Å²) >= 11 is 0. The number of carbonyl (C=O) groups is 1. The Balaban J connectivity index is 0.000000913. The largest absolute Gasteiger partial charge is 0.494 e. The first-order chi connectivity index (χ1) is 15.6. The van der Waals surface area contributed by atoms with E-state index in [0.717, 1.165) is 29.4 Å². The first kappa shape index (κ1) is 23.4. The van der Waals surface area contributed by atoms with Crippen LogP contribution in [0.25, 0.3) is 22.0 Å². The number of halogens is 1. The minimum atomic E-state index is -0.283. The van der Waals surface area contributed by atoms with Gasteiger partial charge in [-0.1, -0.05) is 12.1 Å². The average molecular weight is 443 g/mol. The Morgan fingerprint density at radius 3 is 2.53 bits per heavy atom. The Labute approximate surface area is 185 Å². The van der Waals surface area contributed by atoms with Crippen molar-refractivity contribution in [2.75, 3.05) is 32.2 Å². The van der Waals surface area contributed by atoms with E-state index in [-0.39, 0.29) is 24.9 Å². The van der Waals surface area contributed by atoms with Crippen LogP contribution in [0.5, 0.6) is 5.75 Å². The van der Waals surface area contributed by atoms with Crippen LogP contribution in [-0.2, 0) is 9.53 Å². The number of hydrogen-bond acceptors (Lipinski definition) is 7. The zero-order chi connectivity index (χ0) is 22.9. The van der Waals surface area contributed by atoms with Gasteiger partial charge >= 0.3 is 0 Å². The molecule has 0 radical (unpaired) electrons. The molecule has 0 amide bonds. The van der Waals surface area contributed by atoms with E-state index in [9.17, 15) is 9.50 Å². The lowest BCUT2D eigenvalue weighted by molar-refractivity contribution is -0.122. The van der Waals surface area contributed by atoms with Crippen molar-refractivity contribution >= 4 is 23.2 Å². The summed E-state index contributed by atoms with van der Waals surface area (Å²) in [5.74, 6) is 1.28. The van der Waals surface area contributed by atoms with Gasteiger partial charge in [-0.3, -0.25) is 4.79 Å². The number of fused-ring (bicyclic) bond motifs is 1. The SMILES string of the molecule is COc1cc(-c2ccc(F)cc2)cc2c(NC(CO)C3CCOCC3)ncnc12.O=CO. The molecule has 8 nitrogen and oxygen atoms in total. The highest BCUT2D eigenvalue weighted by Crippen LogP contribution is 2.34. The summed E-state index contributed by atoms with van der Waals surface area (Å²) in [5.41, 5.74) is 2.42. The monoisotopic (exact) mass is 443 g/mol. The van der Waals surface area contributed by atoms with E-state index in [4.69, 9.17) is 19.4 Å². The number of ether oxygens (including phenoxy) is 2. The standard InChI is InChI=1S/C22H24FN3O3.CH2O2/c1-28-20-11-16(14-2-4-17(23)5-3-14)10-18-21(20)24-13-25-22(18)26-19(12-27)15-6-8-29-9-7-15;2-1-3/h2-5,10-11,13,15,19,27H,6-9,12H2,1H3,(H,24,25,26);1H,(H,2,3). The molecule has 1 atom stereocenters. The smallest absolute Gasteiger partial charge is 0.290 e. The number of aromatic nitrogens is 2. The van der Waals surface area contributed by atoms with Crippen LogP contribution in [0.4, 0.5) is 10.2 Å². The van der Waals surface area contributed by atoms with E-state index in [2.05, 4.69) is 15.3 Å². The molecule has 1 aromatic heterocycles. The van der Waals surface area contributed by atoms with Crippen LogP contribution >= 0.6 is 0 Å². The summed E-state index contributed by atoms with van der Waals surface area (Å²) in [5, 5.41) is 21.0. The quantitative estimate of drug-likeness (QED) is 0.497. The van der Waals surface area contributed by atoms with Crippen molar-refractivity contribution in [2.45, 2.75) is 18.9 Å². The molecule has 2 heterocycles. The van der Waals surface area contributed by atoms with Gasteiger partial charge in [-0.25, -0.2) is 14.4 Å². The maximum absolute atomic E-state index is 13.3. The highest BCUT2D eigenvalue weighted by Gasteiger charge is 2.24. The molecule has 0 aliphatic carbocycles. The first-order valence-electron chi connectivity index (χ1n) is 10.2. The minimum absolute atomic E-state index is 0.00491. The van der Waals surface area contributed by atoms with Crippen molar-refractivity contribution < 1.29 is 28.9 Å². The lowest BCUT2D eigenvalue weighted by Gasteiger charge is -2.30. The van der Waals surface area contributed by atoms with Gasteiger partial charge in [0.15, 0.2) is 0 Å². The van der Waals surface area contributed by atoms with Crippen molar-refractivity contribution in [3.8, 4) is 16.9 Å². The second kappa shape index (κ2) is 11.4. The summed E-state index contributed by atoms with van der Waals surface area (Å²) in [4.78, 5) is 17.2. The van der Waals surface area contributed by atoms with E-state index >= 15 is 0 Å². The number of aliphatic hydroxyl groups excluding tert-OH is 1. The topological polar surface area (TPSA) is 114 Å². The average Bonchev–Trinajstić information content (AvgIpc) is 2.83. The fourth-order valence-corrected chi connectivity index (χ4v) is 3.82. The second-order valence-corrected chi connectivity index (χ2v) is 7.29. The molecule has 0 bridgehead atoms. The molecule has 0 saturated carbocycles. The van der Waals surface area contributed by atoms with Crippen LogP contribution in [0.3, 0.4) is 0 Å². The third-order valence-electron chi connectivity index (χ3n) is 5.46. The molecule has 4 rings (SSSR count). The predicted octanol–water partition coefficient (Wildman–Crippen LogP) is 3.34. The van der Waals surface area contributed by atoms with Crippen molar-refractivity contribution in [2.24, 2.45) is 5.92 Å². The summed E-state index contributed by atoms with van der Waals surface area (Å²) in [7, 11) is 1.59. The van der Waals surface area contributed by atoms with E-state index in [0.29, 0.717) is 36.2 Å². The number of anilines is 1.